The minimum absolute atomic E-state index is 0.0632. The summed E-state index contributed by atoms with van der Waals surface area (Å²) in [6.45, 7) is 7.32. The Kier molecular flexibility index (Phi) is 11.8. The molecule has 12 unspecified atom stereocenters. The molecule has 5 aliphatic rings. The van der Waals surface area contributed by atoms with Gasteiger partial charge < -0.3 is 20.4 Å². The number of alkyl halides is 4. The fraction of sp³-hybridized carbons (Fsp3) is 0.900. The molecule has 0 aromatic rings. The van der Waals surface area contributed by atoms with Crippen LogP contribution < -0.4 is 26.6 Å². The van der Waals surface area contributed by atoms with Crippen molar-refractivity contribution in [1.82, 2.24) is 41.3 Å². The number of hydrogen-bond donors (Lipinski definition) is 7. The molecule has 0 bridgehead atoms. The Morgan fingerprint density at radius 2 is 1.77 bits per heavy atom. The fourth-order valence-electron chi connectivity index (χ4n) is 8.05. The zero-order valence-electron chi connectivity index (χ0n) is 27.2. The maximum Gasteiger partial charge on any atom is 0.391 e. The van der Waals surface area contributed by atoms with Crippen molar-refractivity contribution in [3.8, 4) is 0 Å². The average molecular weight is 695 g/mol. The Hall–Kier alpha value is -1.63. The summed E-state index contributed by atoms with van der Waals surface area (Å²) in [6, 6.07) is -3.89. The van der Waals surface area contributed by atoms with Gasteiger partial charge >= 0.3 is 6.18 Å². The van der Waals surface area contributed by atoms with Crippen molar-refractivity contribution < 1.29 is 37.8 Å². The molecule has 7 N–H and O–H groups in total. The number of ketones is 1. The molecule has 47 heavy (non-hydrogen) atoms. The first kappa shape index (κ1) is 36.6. The third-order valence-electron chi connectivity index (χ3n) is 10.9. The maximum absolute atomic E-state index is 14.2. The van der Waals surface area contributed by atoms with Gasteiger partial charge in [0.05, 0.1) is 48.8 Å². The van der Waals surface area contributed by atoms with E-state index < -0.39 is 60.0 Å². The number of aliphatic hydroxyl groups excluding tert-OH is 2. The number of nitrogens with one attached hydrogen (secondary N) is 5. The van der Waals surface area contributed by atoms with Crippen molar-refractivity contribution in [2.75, 3.05) is 46.0 Å². The van der Waals surface area contributed by atoms with Crippen molar-refractivity contribution >= 4 is 29.2 Å². The first-order chi connectivity index (χ1) is 22.2. The molecule has 4 saturated heterocycles. The highest BCUT2D eigenvalue weighted by Crippen LogP contribution is 2.39. The highest BCUT2D eigenvalue weighted by molar-refractivity contribution is 6.21. The number of Topliss-reactive ketones (excluding diaryl/α,β-unsaturated/α-hetero) is 1. The number of aliphatic hydroxyl groups is 2. The summed E-state index contributed by atoms with van der Waals surface area (Å²) < 4.78 is 39.9. The van der Waals surface area contributed by atoms with Crippen LogP contribution in [0.1, 0.15) is 46.5 Å². The van der Waals surface area contributed by atoms with Crippen LogP contribution in [0.5, 0.6) is 0 Å². The molecule has 1 saturated carbocycles. The van der Waals surface area contributed by atoms with Gasteiger partial charge in [-0.25, -0.2) is 0 Å². The van der Waals surface area contributed by atoms with Gasteiger partial charge in [-0.2, -0.15) is 13.2 Å². The van der Waals surface area contributed by atoms with Crippen LogP contribution in [-0.4, -0.2) is 161 Å². The Bertz CT molecular complexity index is 1130. The number of likely N-dealkylation sites (tertiary alicyclic amines) is 1. The van der Waals surface area contributed by atoms with E-state index in [-0.39, 0.29) is 68.1 Å². The van der Waals surface area contributed by atoms with Crippen LogP contribution in [0.15, 0.2) is 0 Å². The molecular weight excluding hydrogens is 645 g/mol. The summed E-state index contributed by atoms with van der Waals surface area (Å²) in [7, 11) is 0. The molecule has 0 aromatic heterocycles. The summed E-state index contributed by atoms with van der Waals surface area (Å²) in [5, 5.41) is 35.5. The van der Waals surface area contributed by atoms with E-state index in [1.54, 1.807) is 4.90 Å². The van der Waals surface area contributed by atoms with Crippen LogP contribution >= 0.6 is 11.6 Å². The number of nitrogens with zero attached hydrogens (tertiary/aromatic N) is 3. The van der Waals surface area contributed by atoms with E-state index in [9.17, 15) is 37.8 Å². The number of piperidine rings is 1. The lowest BCUT2D eigenvalue weighted by atomic mass is 9.83. The van der Waals surface area contributed by atoms with Gasteiger partial charge in [0.2, 0.25) is 11.8 Å². The number of hydrogen-bond acceptors (Lipinski definition) is 11. The molecule has 4 heterocycles. The van der Waals surface area contributed by atoms with E-state index in [0.717, 1.165) is 0 Å². The molecule has 5 rings (SSSR count). The fourth-order valence-corrected chi connectivity index (χ4v) is 8.45. The second-order valence-corrected chi connectivity index (χ2v) is 14.3. The Morgan fingerprint density at radius 3 is 2.38 bits per heavy atom. The van der Waals surface area contributed by atoms with E-state index in [0.29, 0.717) is 39.3 Å². The van der Waals surface area contributed by atoms with Gasteiger partial charge in [-0.3, -0.25) is 45.5 Å². The molecule has 2 amide bonds. The predicted molar refractivity (Wildman–Crippen MR) is 167 cm³/mol. The average Bonchev–Trinajstić information content (AvgIpc) is 3.03. The summed E-state index contributed by atoms with van der Waals surface area (Å²) in [6.07, 6.45) is -5.48. The Balaban J connectivity index is 1.30. The molecule has 4 aliphatic heterocycles. The molecule has 0 radical (unpaired) electrons. The Labute approximate surface area is 278 Å². The summed E-state index contributed by atoms with van der Waals surface area (Å²) in [5.74, 6) is -2.12. The van der Waals surface area contributed by atoms with Gasteiger partial charge in [-0.15, -0.1) is 11.6 Å². The second-order valence-electron chi connectivity index (χ2n) is 13.8. The van der Waals surface area contributed by atoms with E-state index in [4.69, 9.17) is 11.6 Å². The third kappa shape index (κ3) is 7.75. The van der Waals surface area contributed by atoms with Crippen LogP contribution in [0, 0.1) is 5.92 Å². The molecule has 1 aliphatic carbocycles. The SMILES string of the molecule is CCC1C(N2CCN(C(=O)C3NCNC(C)C3O)CC2)C(=O)C2NC(CO)C(C)NC2N1CC(=O)NC1CCC(C(F)(F)F)CC1Cl. The van der Waals surface area contributed by atoms with E-state index in [1.807, 2.05) is 25.7 Å². The van der Waals surface area contributed by atoms with Crippen LogP contribution in [0.3, 0.4) is 0 Å². The minimum Gasteiger partial charge on any atom is -0.395 e. The molecule has 17 heteroatoms. The van der Waals surface area contributed by atoms with Gasteiger partial charge in [0.15, 0.2) is 5.78 Å². The monoisotopic (exact) mass is 694 g/mol. The highest BCUT2D eigenvalue weighted by atomic mass is 35.5. The number of halogens is 4. The standard InChI is InChI=1S/C30H50ClF3N8O5/c1-4-21-25(40-7-9-41(10-8-40)29(47)24-26(45)16(3)35-14-36-24)27(46)23-28(37-15(2)20(13-43)39-23)42(21)12-22(44)38-19-6-5-17(11-18(19)31)30(32,33)34/h15-21,23-26,28,35-37,39,43,45H,4-14H2,1-3H3,(H,38,44). The lowest BCUT2D eigenvalue weighted by Crippen LogP contribution is -2.81. The smallest absolute Gasteiger partial charge is 0.391 e. The van der Waals surface area contributed by atoms with Crippen LogP contribution in [0.4, 0.5) is 13.2 Å². The first-order valence-corrected chi connectivity index (χ1v) is 17.3. The normalized spacial score (nSPS) is 41.0. The highest BCUT2D eigenvalue weighted by Gasteiger charge is 2.54. The molecule has 5 fully saturated rings. The molecule has 0 aromatic carbocycles. The van der Waals surface area contributed by atoms with Gasteiger partial charge in [0.25, 0.3) is 0 Å². The van der Waals surface area contributed by atoms with E-state index in [2.05, 4.69) is 31.5 Å². The van der Waals surface area contributed by atoms with Crippen molar-refractivity contribution in [2.24, 2.45) is 5.92 Å². The minimum atomic E-state index is -4.33. The van der Waals surface area contributed by atoms with E-state index >= 15 is 0 Å². The summed E-state index contributed by atoms with van der Waals surface area (Å²) >= 11 is 6.36. The van der Waals surface area contributed by atoms with Gasteiger partial charge in [-0.1, -0.05) is 6.92 Å². The zero-order valence-corrected chi connectivity index (χ0v) is 27.9. The number of carbonyl (C=O) groups excluding carboxylic acids is 3. The lowest BCUT2D eigenvalue weighted by Gasteiger charge is -2.56. The molecule has 13 nitrogen and oxygen atoms in total. The number of rotatable bonds is 7. The number of fused-ring (bicyclic) bond motifs is 1. The summed E-state index contributed by atoms with van der Waals surface area (Å²) in [4.78, 5) is 46.8. The number of carbonyl (C=O) groups is 3. The third-order valence-corrected chi connectivity index (χ3v) is 11.4. The summed E-state index contributed by atoms with van der Waals surface area (Å²) in [5.41, 5.74) is 0. The van der Waals surface area contributed by atoms with Crippen molar-refractivity contribution in [2.45, 2.75) is 119 Å². The molecule has 268 valence electrons. The van der Waals surface area contributed by atoms with Crippen LogP contribution in [-0.2, 0) is 14.4 Å². The van der Waals surface area contributed by atoms with Gasteiger partial charge in [0.1, 0.15) is 6.04 Å². The zero-order chi connectivity index (χ0) is 34.2. The topological polar surface area (TPSA) is 162 Å². The van der Waals surface area contributed by atoms with Crippen molar-refractivity contribution in [3.05, 3.63) is 0 Å². The Morgan fingerprint density at radius 1 is 1.06 bits per heavy atom. The first-order valence-electron chi connectivity index (χ1n) is 16.8. The number of piperazine rings is 2. The molecule has 12 atom stereocenters. The van der Waals surface area contributed by atoms with E-state index in [1.165, 1.54) is 0 Å². The van der Waals surface area contributed by atoms with Gasteiger partial charge in [0, 0.05) is 63.1 Å². The van der Waals surface area contributed by atoms with Crippen molar-refractivity contribution in [3.63, 3.8) is 0 Å². The number of amides is 2. The van der Waals surface area contributed by atoms with Crippen LogP contribution in [0.25, 0.3) is 0 Å². The molecular formula is C30H50ClF3N8O5. The van der Waals surface area contributed by atoms with Crippen molar-refractivity contribution in [1.29, 1.82) is 0 Å². The molecule has 0 spiro atoms. The maximum atomic E-state index is 14.2. The largest absolute Gasteiger partial charge is 0.395 e. The predicted octanol–water partition coefficient (Wildman–Crippen LogP) is -1.48. The quantitative estimate of drug-likeness (QED) is 0.156. The second kappa shape index (κ2) is 15.1. The lowest BCUT2D eigenvalue weighted by molar-refractivity contribution is -0.182. The van der Waals surface area contributed by atoms with Crippen LogP contribution in [0.2, 0.25) is 0 Å². The van der Waals surface area contributed by atoms with Gasteiger partial charge in [-0.05, 0) is 39.5 Å².